The van der Waals surface area contributed by atoms with Crippen LogP contribution in [0.5, 0.6) is 0 Å². The highest BCUT2D eigenvalue weighted by Crippen LogP contribution is 2.25. The van der Waals surface area contributed by atoms with E-state index in [1.54, 1.807) is 12.1 Å². The number of hydrogen-bond donors (Lipinski definition) is 1. The Labute approximate surface area is 123 Å². The van der Waals surface area contributed by atoms with Gasteiger partial charge in [-0.05, 0) is 31.0 Å². The van der Waals surface area contributed by atoms with E-state index < -0.39 is 0 Å². The predicted molar refractivity (Wildman–Crippen MR) is 77.4 cm³/mol. The summed E-state index contributed by atoms with van der Waals surface area (Å²) in [5, 5.41) is 0. The SMILES string of the molecule is Cc1cnc([C@H]2CCN(C(=O)Cc3ccc(F)cc3)C2)[nH]1. The van der Waals surface area contributed by atoms with Gasteiger partial charge >= 0.3 is 0 Å². The van der Waals surface area contributed by atoms with Gasteiger partial charge in [-0.2, -0.15) is 0 Å². The largest absolute Gasteiger partial charge is 0.346 e. The van der Waals surface area contributed by atoms with Gasteiger partial charge in [-0.25, -0.2) is 9.37 Å². The maximum atomic E-state index is 12.9. The number of rotatable bonds is 3. The fourth-order valence-corrected chi connectivity index (χ4v) is 2.74. The number of carbonyl (C=O) groups excluding carboxylic acids is 1. The van der Waals surface area contributed by atoms with Gasteiger partial charge in [0, 0.05) is 30.9 Å². The number of H-pyrrole nitrogens is 1. The molecule has 1 aliphatic heterocycles. The lowest BCUT2D eigenvalue weighted by molar-refractivity contribution is -0.129. The molecule has 4 nitrogen and oxygen atoms in total. The van der Waals surface area contributed by atoms with Crippen molar-refractivity contribution < 1.29 is 9.18 Å². The molecule has 1 amide bonds. The summed E-state index contributed by atoms with van der Waals surface area (Å²) in [5.41, 5.74) is 1.89. The van der Waals surface area contributed by atoms with Gasteiger partial charge in [-0.1, -0.05) is 12.1 Å². The van der Waals surface area contributed by atoms with E-state index in [1.165, 1.54) is 12.1 Å². The second-order valence-corrected chi connectivity index (χ2v) is 5.58. The molecule has 2 aromatic rings. The molecule has 0 radical (unpaired) electrons. The van der Waals surface area contributed by atoms with E-state index in [9.17, 15) is 9.18 Å². The Hall–Kier alpha value is -2.17. The van der Waals surface area contributed by atoms with Crippen molar-refractivity contribution in [2.24, 2.45) is 0 Å². The molecular formula is C16H18FN3O. The second kappa shape index (κ2) is 5.68. The van der Waals surface area contributed by atoms with Gasteiger partial charge in [-0.15, -0.1) is 0 Å². The molecule has 0 saturated carbocycles. The zero-order chi connectivity index (χ0) is 14.8. The maximum absolute atomic E-state index is 12.9. The van der Waals surface area contributed by atoms with Crippen LogP contribution in [-0.2, 0) is 11.2 Å². The van der Waals surface area contributed by atoms with E-state index in [0.717, 1.165) is 30.0 Å². The van der Waals surface area contributed by atoms with Gasteiger partial charge in [0.1, 0.15) is 11.6 Å². The first kappa shape index (κ1) is 13.8. The standard InChI is InChI=1S/C16H18FN3O/c1-11-9-18-16(19-11)13-6-7-20(10-13)15(21)8-12-2-4-14(17)5-3-12/h2-5,9,13H,6-8,10H2,1H3,(H,18,19)/t13-/m0/s1. The zero-order valence-corrected chi connectivity index (χ0v) is 12.0. The van der Waals surface area contributed by atoms with E-state index in [-0.39, 0.29) is 17.6 Å². The van der Waals surface area contributed by atoms with Crippen LogP contribution in [0.4, 0.5) is 4.39 Å². The van der Waals surface area contributed by atoms with Crippen molar-refractivity contribution in [1.29, 1.82) is 0 Å². The molecule has 1 saturated heterocycles. The molecule has 0 unspecified atom stereocenters. The van der Waals surface area contributed by atoms with Crippen molar-refractivity contribution in [3.05, 3.63) is 53.4 Å². The van der Waals surface area contributed by atoms with Crippen LogP contribution in [0.25, 0.3) is 0 Å². The zero-order valence-electron chi connectivity index (χ0n) is 12.0. The quantitative estimate of drug-likeness (QED) is 0.942. The molecule has 1 aromatic carbocycles. The molecule has 1 aromatic heterocycles. The first-order valence-corrected chi connectivity index (χ1v) is 7.15. The summed E-state index contributed by atoms with van der Waals surface area (Å²) >= 11 is 0. The Morgan fingerprint density at radius 3 is 2.86 bits per heavy atom. The third-order valence-electron chi connectivity index (χ3n) is 3.92. The fourth-order valence-electron chi connectivity index (χ4n) is 2.74. The Kier molecular flexibility index (Phi) is 3.73. The Morgan fingerprint density at radius 2 is 2.19 bits per heavy atom. The van der Waals surface area contributed by atoms with Crippen molar-refractivity contribution in [2.45, 2.75) is 25.7 Å². The monoisotopic (exact) mass is 287 g/mol. The summed E-state index contributed by atoms with van der Waals surface area (Å²) in [4.78, 5) is 21.7. The molecule has 0 aliphatic carbocycles. The number of amides is 1. The molecular weight excluding hydrogens is 269 g/mol. The lowest BCUT2D eigenvalue weighted by Crippen LogP contribution is -2.30. The molecule has 1 N–H and O–H groups in total. The number of nitrogens with one attached hydrogen (secondary N) is 1. The Morgan fingerprint density at radius 1 is 1.43 bits per heavy atom. The number of imidazole rings is 1. The topological polar surface area (TPSA) is 49.0 Å². The van der Waals surface area contributed by atoms with Gasteiger partial charge in [0.25, 0.3) is 0 Å². The first-order valence-electron chi connectivity index (χ1n) is 7.15. The highest BCUT2D eigenvalue weighted by Gasteiger charge is 2.28. The van der Waals surface area contributed by atoms with Crippen LogP contribution in [0.3, 0.4) is 0 Å². The molecule has 3 rings (SSSR count). The normalized spacial score (nSPS) is 18.2. The van der Waals surface area contributed by atoms with Crippen LogP contribution in [0, 0.1) is 12.7 Å². The molecule has 110 valence electrons. The number of aromatic nitrogens is 2. The number of benzene rings is 1. The summed E-state index contributed by atoms with van der Waals surface area (Å²) in [6, 6.07) is 6.11. The van der Waals surface area contributed by atoms with Crippen LogP contribution in [-0.4, -0.2) is 33.9 Å². The van der Waals surface area contributed by atoms with Crippen molar-refractivity contribution in [3.63, 3.8) is 0 Å². The molecule has 2 heterocycles. The third-order valence-corrected chi connectivity index (χ3v) is 3.92. The number of halogens is 1. The highest BCUT2D eigenvalue weighted by atomic mass is 19.1. The Balaban J connectivity index is 1.60. The smallest absolute Gasteiger partial charge is 0.227 e. The number of nitrogens with zero attached hydrogens (tertiary/aromatic N) is 2. The van der Waals surface area contributed by atoms with E-state index in [4.69, 9.17) is 0 Å². The van der Waals surface area contributed by atoms with E-state index in [1.807, 2.05) is 18.0 Å². The molecule has 5 heteroatoms. The summed E-state index contributed by atoms with van der Waals surface area (Å²) < 4.78 is 12.9. The van der Waals surface area contributed by atoms with Crippen molar-refractivity contribution in [2.75, 3.05) is 13.1 Å². The summed E-state index contributed by atoms with van der Waals surface area (Å²) in [7, 11) is 0. The lowest BCUT2D eigenvalue weighted by Gasteiger charge is -2.16. The number of aromatic amines is 1. The average Bonchev–Trinajstić information content (AvgIpc) is 3.10. The van der Waals surface area contributed by atoms with Crippen LogP contribution in [0.15, 0.2) is 30.5 Å². The average molecular weight is 287 g/mol. The van der Waals surface area contributed by atoms with Crippen LogP contribution >= 0.6 is 0 Å². The molecule has 1 aliphatic rings. The van der Waals surface area contributed by atoms with E-state index >= 15 is 0 Å². The number of carbonyl (C=O) groups is 1. The van der Waals surface area contributed by atoms with Gasteiger partial charge in [-0.3, -0.25) is 4.79 Å². The number of likely N-dealkylation sites (tertiary alicyclic amines) is 1. The lowest BCUT2D eigenvalue weighted by atomic mass is 10.1. The van der Waals surface area contributed by atoms with E-state index in [0.29, 0.717) is 13.0 Å². The number of hydrogen-bond acceptors (Lipinski definition) is 2. The maximum Gasteiger partial charge on any atom is 0.227 e. The number of aryl methyl sites for hydroxylation is 1. The summed E-state index contributed by atoms with van der Waals surface area (Å²) in [6.07, 6.45) is 3.07. The molecule has 0 spiro atoms. The van der Waals surface area contributed by atoms with Crippen molar-refractivity contribution >= 4 is 5.91 Å². The van der Waals surface area contributed by atoms with Crippen LogP contribution < -0.4 is 0 Å². The summed E-state index contributed by atoms with van der Waals surface area (Å²) in [6.45, 7) is 3.43. The van der Waals surface area contributed by atoms with Crippen LogP contribution in [0.1, 0.15) is 29.4 Å². The van der Waals surface area contributed by atoms with Gasteiger partial charge < -0.3 is 9.88 Å². The van der Waals surface area contributed by atoms with Gasteiger partial charge in [0.05, 0.1) is 6.42 Å². The van der Waals surface area contributed by atoms with E-state index in [2.05, 4.69) is 9.97 Å². The van der Waals surface area contributed by atoms with Crippen molar-refractivity contribution in [1.82, 2.24) is 14.9 Å². The molecule has 1 fully saturated rings. The minimum atomic E-state index is -0.277. The molecule has 0 bridgehead atoms. The molecule has 1 atom stereocenters. The Bertz CT molecular complexity index is 635. The third kappa shape index (κ3) is 3.12. The van der Waals surface area contributed by atoms with Crippen LogP contribution in [0.2, 0.25) is 0 Å². The van der Waals surface area contributed by atoms with Gasteiger partial charge in [0.2, 0.25) is 5.91 Å². The minimum absolute atomic E-state index is 0.0902. The molecule has 21 heavy (non-hydrogen) atoms. The fraction of sp³-hybridized carbons (Fsp3) is 0.375. The summed E-state index contributed by atoms with van der Waals surface area (Å²) in [5.74, 6) is 1.06. The van der Waals surface area contributed by atoms with Crippen molar-refractivity contribution in [3.8, 4) is 0 Å². The minimum Gasteiger partial charge on any atom is -0.346 e. The second-order valence-electron chi connectivity index (χ2n) is 5.58. The van der Waals surface area contributed by atoms with Gasteiger partial charge in [0.15, 0.2) is 0 Å². The highest BCUT2D eigenvalue weighted by molar-refractivity contribution is 5.79. The first-order chi connectivity index (χ1) is 10.1. The predicted octanol–water partition coefficient (Wildman–Crippen LogP) is 2.42.